The van der Waals surface area contributed by atoms with E-state index in [1.165, 1.54) is 5.56 Å². The highest BCUT2D eigenvalue weighted by Crippen LogP contribution is 2.26. The lowest BCUT2D eigenvalue weighted by molar-refractivity contribution is -0.114. The van der Waals surface area contributed by atoms with E-state index in [4.69, 9.17) is 4.74 Å². The van der Waals surface area contributed by atoms with Crippen LogP contribution in [0, 0.1) is 3.57 Å². The maximum Gasteiger partial charge on any atom is 0.260 e. The zero-order valence-electron chi connectivity index (χ0n) is 15.2. The lowest BCUT2D eigenvalue weighted by Crippen LogP contribution is -2.36. The molecule has 2 N–H and O–H groups in total. The summed E-state index contributed by atoms with van der Waals surface area (Å²) in [4.78, 5) is 26.7. The third-order valence-corrected chi connectivity index (χ3v) is 5.51. The Bertz CT molecular complexity index is 934. The zero-order valence-corrected chi connectivity index (χ0v) is 17.4. The summed E-state index contributed by atoms with van der Waals surface area (Å²) in [6.07, 6.45) is 1.66. The van der Waals surface area contributed by atoms with E-state index in [2.05, 4.69) is 50.3 Å². The number of anilines is 1. The first-order valence-corrected chi connectivity index (χ1v) is 10.2. The number of imide groups is 1. The largest absolute Gasteiger partial charge is 0.379 e. The molecule has 0 aliphatic carbocycles. The number of benzene rings is 2. The molecule has 0 atom stereocenters. The predicted molar refractivity (Wildman–Crippen MR) is 116 cm³/mol. The summed E-state index contributed by atoms with van der Waals surface area (Å²) in [7, 11) is 0. The van der Waals surface area contributed by atoms with Gasteiger partial charge in [-0.05, 0) is 58.5 Å². The number of halogens is 1. The monoisotopic (exact) mass is 489 g/mol. The van der Waals surface area contributed by atoms with Gasteiger partial charge in [0.2, 0.25) is 0 Å². The smallest absolute Gasteiger partial charge is 0.260 e. The second-order valence-corrected chi connectivity index (χ2v) is 8.01. The van der Waals surface area contributed by atoms with Crippen LogP contribution in [0.2, 0.25) is 0 Å². The molecule has 0 aromatic heterocycles. The molecule has 2 aromatic carbocycles. The van der Waals surface area contributed by atoms with Gasteiger partial charge in [-0.1, -0.05) is 12.1 Å². The Labute approximate surface area is 177 Å². The van der Waals surface area contributed by atoms with Crippen LogP contribution >= 0.6 is 22.6 Å². The van der Waals surface area contributed by atoms with E-state index in [1.807, 2.05) is 24.3 Å². The highest BCUT2D eigenvalue weighted by Gasteiger charge is 2.27. The minimum Gasteiger partial charge on any atom is -0.379 e. The van der Waals surface area contributed by atoms with Crippen LogP contribution in [0.1, 0.15) is 21.5 Å². The minimum atomic E-state index is -0.393. The molecule has 0 radical (unpaired) electrons. The number of ether oxygens (including phenoxy) is 1. The molecule has 2 aromatic rings. The Kier molecular flexibility index (Phi) is 5.74. The standard InChI is InChI=1S/C21H20IN3O3/c22-15-3-6-17-18(11-15)19(21(27)24-20(17)26)12-23-16-4-1-14(2-5-16)13-25-7-9-28-10-8-25/h1-6,11-12,23H,7-10,13H2,(H,24,26,27)/b19-12-. The number of nitrogens with one attached hydrogen (secondary N) is 2. The minimum absolute atomic E-state index is 0.360. The second kappa shape index (κ2) is 8.42. The molecule has 2 aliphatic heterocycles. The highest BCUT2D eigenvalue weighted by atomic mass is 127. The number of hydrogen-bond donors (Lipinski definition) is 2. The molecule has 2 amide bonds. The second-order valence-electron chi connectivity index (χ2n) is 6.76. The third-order valence-electron chi connectivity index (χ3n) is 4.84. The van der Waals surface area contributed by atoms with E-state index in [9.17, 15) is 9.59 Å². The number of morpholine rings is 1. The van der Waals surface area contributed by atoms with E-state index in [0.29, 0.717) is 16.7 Å². The van der Waals surface area contributed by atoms with Gasteiger partial charge >= 0.3 is 0 Å². The molecule has 7 heteroatoms. The Balaban J connectivity index is 1.49. The summed E-state index contributed by atoms with van der Waals surface area (Å²) in [5.74, 6) is -0.753. The van der Waals surface area contributed by atoms with Crippen molar-refractivity contribution in [2.45, 2.75) is 6.54 Å². The van der Waals surface area contributed by atoms with Crippen LogP contribution in [0.5, 0.6) is 0 Å². The lowest BCUT2D eigenvalue weighted by atomic mass is 9.95. The molecular weight excluding hydrogens is 469 g/mol. The van der Waals surface area contributed by atoms with Gasteiger partial charge in [0.05, 0.1) is 18.8 Å². The van der Waals surface area contributed by atoms with Crippen LogP contribution in [-0.2, 0) is 16.1 Å². The maximum atomic E-state index is 12.3. The molecule has 28 heavy (non-hydrogen) atoms. The Hall–Kier alpha value is -2.23. The molecule has 2 aliphatic rings. The molecule has 1 fully saturated rings. The van der Waals surface area contributed by atoms with Crippen LogP contribution in [0.4, 0.5) is 5.69 Å². The quantitative estimate of drug-likeness (QED) is 0.393. The van der Waals surface area contributed by atoms with Crippen molar-refractivity contribution < 1.29 is 14.3 Å². The Morgan fingerprint density at radius 3 is 2.54 bits per heavy atom. The molecule has 0 saturated carbocycles. The summed E-state index contributed by atoms with van der Waals surface area (Å²) < 4.78 is 6.35. The molecule has 0 spiro atoms. The lowest BCUT2D eigenvalue weighted by Gasteiger charge is -2.26. The molecule has 6 nitrogen and oxygen atoms in total. The van der Waals surface area contributed by atoms with Gasteiger partial charge in [0.1, 0.15) is 0 Å². The van der Waals surface area contributed by atoms with E-state index < -0.39 is 5.91 Å². The van der Waals surface area contributed by atoms with E-state index >= 15 is 0 Å². The van der Waals surface area contributed by atoms with Gasteiger partial charge in [-0.3, -0.25) is 19.8 Å². The van der Waals surface area contributed by atoms with Crippen molar-refractivity contribution in [3.8, 4) is 0 Å². The molecule has 0 unspecified atom stereocenters. The van der Waals surface area contributed by atoms with Gasteiger partial charge in [0, 0.05) is 46.2 Å². The average molecular weight is 489 g/mol. The molecule has 1 saturated heterocycles. The van der Waals surface area contributed by atoms with Crippen molar-refractivity contribution in [2.24, 2.45) is 0 Å². The number of amides is 2. The van der Waals surface area contributed by atoms with Crippen LogP contribution in [0.3, 0.4) is 0 Å². The van der Waals surface area contributed by atoms with E-state index in [-0.39, 0.29) is 5.91 Å². The van der Waals surface area contributed by atoms with E-state index in [0.717, 1.165) is 42.1 Å². The van der Waals surface area contributed by atoms with Crippen molar-refractivity contribution in [1.82, 2.24) is 10.2 Å². The van der Waals surface area contributed by atoms with Crippen LogP contribution in [0.25, 0.3) is 5.57 Å². The van der Waals surface area contributed by atoms with Crippen LogP contribution < -0.4 is 10.6 Å². The van der Waals surface area contributed by atoms with Gasteiger partial charge in [-0.15, -0.1) is 0 Å². The fourth-order valence-corrected chi connectivity index (χ4v) is 3.81. The highest BCUT2D eigenvalue weighted by molar-refractivity contribution is 14.1. The van der Waals surface area contributed by atoms with Crippen molar-refractivity contribution in [1.29, 1.82) is 0 Å². The van der Waals surface area contributed by atoms with Gasteiger partial charge in [-0.2, -0.15) is 0 Å². The number of nitrogens with zero attached hydrogens (tertiary/aromatic N) is 1. The first-order chi connectivity index (χ1) is 13.6. The Morgan fingerprint density at radius 1 is 1.04 bits per heavy atom. The first-order valence-electron chi connectivity index (χ1n) is 9.11. The fourth-order valence-electron chi connectivity index (χ4n) is 3.32. The molecule has 0 bridgehead atoms. The number of rotatable bonds is 4. The van der Waals surface area contributed by atoms with Crippen LogP contribution in [-0.4, -0.2) is 43.0 Å². The SMILES string of the molecule is O=C1NC(=O)c2ccc(I)cc2/C1=C/Nc1ccc(CN2CCOCC2)cc1. The molecular formula is C21H20IN3O3. The number of carbonyl (C=O) groups is 2. The predicted octanol–water partition coefficient (Wildman–Crippen LogP) is 2.85. The van der Waals surface area contributed by atoms with Gasteiger partial charge in [0.15, 0.2) is 0 Å². The number of carbonyl (C=O) groups excluding carboxylic acids is 2. The van der Waals surface area contributed by atoms with Crippen molar-refractivity contribution in [3.05, 3.63) is 68.9 Å². The van der Waals surface area contributed by atoms with Gasteiger partial charge < -0.3 is 10.1 Å². The molecule has 2 heterocycles. The molecule has 144 valence electrons. The van der Waals surface area contributed by atoms with Gasteiger partial charge in [0.25, 0.3) is 11.8 Å². The number of hydrogen-bond acceptors (Lipinski definition) is 5. The Morgan fingerprint density at radius 2 is 1.79 bits per heavy atom. The zero-order chi connectivity index (χ0) is 19.5. The van der Waals surface area contributed by atoms with Gasteiger partial charge in [-0.25, -0.2) is 0 Å². The van der Waals surface area contributed by atoms with E-state index in [1.54, 1.807) is 12.3 Å². The van der Waals surface area contributed by atoms with Crippen molar-refractivity contribution in [2.75, 3.05) is 31.6 Å². The van der Waals surface area contributed by atoms with Crippen molar-refractivity contribution in [3.63, 3.8) is 0 Å². The van der Waals surface area contributed by atoms with Crippen LogP contribution in [0.15, 0.2) is 48.7 Å². The summed E-state index contributed by atoms with van der Waals surface area (Å²) in [6, 6.07) is 13.6. The first kappa shape index (κ1) is 19.1. The third kappa shape index (κ3) is 4.26. The summed E-state index contributed by atoms with van der Waals surface area (Å²) in [5.41, 5.74) is 3.73. The summed E-state index contributed by atoms with van der Waals surface area (Å²) in [5, 5.41) is 5.57. The fraction of sp³-hybridized carbons (Fsp3) is 0.238. The van der Waals surface area contributed by atoms with Crippen molar-refractivity contribution >= 4 is 45.7 Å². The number of fused-ring (bicyclic) bond motifs is 1. The average Bonchev–Trinajstić information content (AvgIpc) is 2.69. The molecule has 4 rings (SSSR count). The normalized spacial score (nSPS) is 18.7. The topological polar surface area (TPSA) is 70.7 Å². The maximum absolute atomic E-state index is 12.3. The summed E-state index contributed by atoms with van der Waals surface area (Å²) in [6.45, 7) is 4.40. The summed E-state index contributed by atoms with van der Waals surface area (Å²) >= 11 is 2.17.